The summed E-state index contributed by atoms with van der Waals surface area (Å²) < 4.78 is 3.34. The molecule has 2 rings (SSSR count). The molecular formula is C13H23BrN4. The van der Waals surface area contributed by atoms with Crippen LogP contribution in [0, 0.1) is 0 Å². The van der Waals surface area contributed by atoms with Crippen molar-refractivity contribution >= 4 is 15.9 Å². The Morgan fingerprint density at radius 2 is 2.11 bits per heavy atom. The molecule has 1 aromatic rings. The van der Waals surface area contributed by atoms with Crippen LogP contribution in [-0.4, -0.2) is 40.4 Å². The zero-order chi connectivity index (χ0) is 13.1. The number of hydrogen-bond acceptors (Lipinski definition) is 3. The molecule has 1 aliphatic heterocycles. The Hall–Kier alpha value is -0.390. The predicted octanol–water partition coefficient (Wildman–Crippen LogP) is 2.02. The summed E-state index contributed by atoms with van der Waals surface area (Å²) in [4.78, 5) is 2.53. The number of rotatable bonds is 6. The molecule has 102 valence electrons. The maximum absolute atomic E-state index is 4.66. The minimum Gasteiger partial charge on any atom is -0.314 e. The fraction of sp³-hybridized carbons (Fsp3) is 0.769. The molecule has 1 aliphatic rings. The molecule has 0 radical (unpaired) electrons. The van der Waals surface area contributed by atoms with Gasteiger partial charge in [0.15, 0.2) is 0 Å². The highest BCUT2D eigenvalue weighted by Gasteiger charge is 2.25. The fourth-order valence-corrected chi connectivity index (χ4v) is 3.08. The number of nitrogens with zero attached hydrogens (tertiary/aromatic N) is 3. The van der Waals surface area contributed by atoms with Gasteiger partial charge in [-0.3, -0.25) is 9.58 Å². The van der Waals surface area contributed by atoms with E-state index in [-0.39, 0.29) is 0 Å². The summed E-state index contributed by atoms with van der Waals surface area (Å²) in [7, 11) is 0. The van der Waals surface area contributed by atoms with E-state index in [4.69, 9.17) is 0 Å². The lowest BCUT2D eigenvalue weighted by Gasteiger charge is -2.37. The molecule has 4 nitrogen and oxygen atoms in total. The van der Waals surface area contributed by atoms with Crippen molar-refractivity contribution in [3.8, 4) is 0 Å². The highest BCUT2D eigenvalue weighted by atomic mass is 79.9. The molecular weight excluding hydrogens is 292 g/mol. The monoisotopic (exact) mass is 314 g/mol. The van der Waals surface area contributed by atoms with Crippen molar-refractivity contribution < 1.29 is 0 Å². The van der Waals surface area contributed by atoms with Gasteiger partial charge in [0.25, 0.3) is 0 Å². The van der Waals surface area contributed by atoms with Crippen molar-refractivity contribution in [2.24, 2.45) is 0 Å². The van der Waals surface area contributed by atoms with Gasteiger partial charge in [0.1, 0.15) is 0 Å². The van der Waals surface area contributed by atoms with E-state index in [9.17, 15) is 0 Å². The summed E-state index contributed by atoms with van der Waals surface area (Å²) in [5, 5.41) is 8.01. The van der Waals surface area contributed by atoms with Gasteiger partial charge in [0.2, 0.25) is 0 Å². The Bertz CT molecular complexity index is 398. The maximum Gasteiger partial charge on any atom is 0.0767 e. The zero-order valence-corrected chi connectivity index (χ0v) is 13.1. The van der Waals surface area contributed by atoms with Gasteiger partial charge >= 0.3 is 0 Å². The molecule has 0 aliphatic carbocycles. The van der Waals surface area contributed by atoms with Crippen molar-refractivity contribution in [1.29, 1.82) is 0 Å². The van der Waals surface area contributed by atoms with E-state index in [1.54, 1.807) is 0 Å². The lowest BCUT2D eigenvalue weighted by atomic mass is 10.1. The van der Waals surface area contributed by atoms with Gasteiger partial charge in [-0.2, -0.15) is 5.10 Å². The van der Waals surface area contributed by atoms with Crippen LogP contribution in [0.4, 0.5) is 0 Å². The summed E-state index contributed by atoms with van der Waals surface area (Å²) in [6, 6.07) is 0.687. The summed E-state index contributed by atoms with van der Waals surface area (Å²) in [5.41, 5.74) is 2.50. The van der Waals surface area contributed by atoms with E-state index in [2.05, 4.69) is 56.7 Å². The fourth-order valence-electron chi connectivity index (χ4n) is 2.39. The number of likely N-dealkylation sites (N-methyl/N-ethyl adjacent to an activating group) is 1. The normalized spacial score (nSPS) is 16.3. The van der Waals surface area contributed by atoms with Gasteiger partial charge in [-0.15, -0.1) is 0 Å². The van der Waals surface area contributed by atoms with E-state index in [0.29, 0.717) is 6.04 Å². The molecule has 1 fully saturated rings. The average molecular weight is 315 g/mol. The van der Waals surface area contributed by atoms with Crippen LogP contribution in [0.3, 0.4) is 0 Å². The van der Waals surface area contributed by atoms with Crippen LogP contribution in [0.1, 0.15) is 32.2 Å². The Kier molecular flexibility index (Phi) is 4.81. The van der Waals surface area contributed by atoms with Gasteiger partial charge in [-0.05, 0) is 35.8 Å². The van der Waals surface area contributed by atoms with Gasteiger partial charge in [0.05, 0.1) is 15.9 Å². The first kappa shape index (κ1) is 14.0. The van der Waals surface area contributed by atoms with Crippen LogP contribution in [0.15, 0.2) is 4.47 Å². The molecule has 1 saturated heterocycles. The van der Waals surface area contributed by atoms with Crippen molar-refractivity contribution in [1.82, 2.24) is 20.0 Å². The summed E-state index contributed by atoms with van der Waals surface area (Å²) in [6.07, 6.45) is 0.984. The Morgan fingerprint density at radius 3 is 2.56 bits per heavy atom. The molecule has 0 spiro atoms. The van der Waals surface area contributed by atoms with Gasteiger partial charge in [-0.25, -0.2) is 0 Å². The first-order valence-corrected chi connectivity index (χ1v) is 7.69. The predicted molar refractivity (Wildman–Crippen MR) is 77.7 cm³/mol. The van der Waals surface area contributed by atoms with Crippen LogP contribution >= 0.6 is 15.9 Å². The Labute approximate surface area is 118 Å². The summed E-state index contributed by atoms with van der Waals surface area (Å²) >= 11 is 3.72. The minimum atomic E-state index is 0.687. The number of nitrogens with one attached hydrogen (secondary N) is 1. The van der Waals surface area contributed by atoms with Crippen LogP contribution in [-0.2, 0) is 19.5 Å². The zero-order valence-electron chi connectivity index (χ0n) is 11.5. The topological polar surface area (TPSA) is 33.1 Å². The number of aryl methyl sites for hydroxylation is 2. The van der Waals surface area contributed by atoms with Gasteiger partial charge in [0, 0.05) is 32.2 Å². The average Bonchev–Trinajstić information content (AvgIpc) is 2.63. The van der Waals surface area contributed by atoms with E-state index < -0.39 is 0 Å². The summed E-state index contributed by atoms with van der Waals surface area (Å²) in [5.74, 6) is 0. The highest BCUT2D eigenvalue weighted by Crippen LogP contribution is 2.24. The largest absolute Gasteiger partial charge is 0.314 e. The maximum atomic E-state index is 4.66. The molecule has 0 aromatic carbocycles. The smallest absolute Gasteiger partial charge is 0.0767 e. The third-order valence-corrected chi connectivity index (χ3v) is 4.64. The minimum absolute atomic E-state index is 0.687. The molecule has 0 bridgehead atoms. The SMILES string of the molecule is CCc1nn(CC)c(CN(CC)C2CNC2)c1Br. The molecule has 1 N–H and O–H groups in total. The molecule has 0 amide bonds. The number of hydrogen-bond donors (Lipinski definition) is 1. The van der Waals surface area contributed by atoms with E-state index in [1.165, 1.54) is 15.9 Å². The second kappa shape index (κ2) is 6.17. The van der Waals surface area contributed by atoms with E-state index in [0.717, 1.165) is 39.1 Å². The lowest BCUT2D eigenvalue weighted by molar-refractivity contribution is 0.141. The van der Waals surface area contributed by atoms with Crippen molar-refractivity contribution in [2.75, 3.05) is 19.6 Å². The second-order valence-electron chi connectivity index (χ2n) is 4.75. The van der Waals surface area contributed by atoms with Crippen LogP contribution in [0.2, 0.25) is 0 Å². The van der Waals surface area contributed by atoms with Crippen molar-refractivity contribution in [3.63, 3.8) is 0 Å². The van der Waals surface area contributed by atoms with Gasteiger partial charge in [-0.1, -0.05) is 13.8 Å². The van der Waals surface area contributed by atoms with Crippen LogP contribution in [0.5, 0.6) is 0 Å². The van der Waals surface area contributed by atoms with E-state index in [1.807, 2.05) is 0 Å². The third kappa shape index (κ3) is 2.63. The molecule has 18 heavy (non-hydrogen) atoms. The first-order chi connectivity index (χ1) is 8.71. The molecule has 5 heteroatoms. The first-order valence-electron chi connectivity index (χ1n) is 6.90. The van der Waals surface area contributed by atoms with Crippen molar-refractivity contribution in [2.45, 2.75) is 46.3 Å². The highest BCUT2D eigenvalue weighted by molar-refractivity contribution is 9.10. The molecule has 0 saturated carbocycles. The standard InChI is InChI=1S/C13H23BrN4/c1-4-11-13(14)12(18(6-3)16-11)9-17(5-2)10-7-15-8-10/h10,15H,4-9H2,1-3H3. The van der Waals surface area contributed by atoms with Gasteiger partial charge < -0.3 is 5.32 Å². The third-order valence-electron chi connectivity index (χ3n) is 3.73. The Morgan fingerprint density at radius 1 is 1.39 bits per heavy atom. The molecule has 0 atom stereocenters. The molecule has 1 aromatic heterocycles. The van der Waals surface area contributed by atoms with Crippen LogP contribution in [0.25, 0.3) is 0 Å². The second-order valence-corrected chi connectivity index (χ2v) is 5.54. The van der Waals surface area contributed by atoms with Crippen molar-refractivity contribution in [3.05, 3.63) is 15.9 Å². The quantitative estimate of drug-likeness (QED) is 0.872. The number of aromatic nitrogens is 2. The Balaban J connectivity index is 2.17. The molecule has 2 heterocycles. The van der Waals surface area contributed by atoms with Crippen LogP contribution < -0.4 is 5.32 Å². The lowest BCUT2D eigenvalue weighted by Crippen LogP contribution is -2.56. The van der Waals surface area contributed by atoms with E-state index >= 15 is 0 Å². The molecule has 0 unspecified atom stereocenters. The number of halogens is 1. The summed E-state index contributed by atoms with van der Waals surface area (Å²) in [6.45, 7) is 11.8.